The number of esters is 1. The van der Waals surface area contributed by atoms with E-state index in [-0.39, 0.29) is 40.6 Å². The minimum atomic E-state index is -4.92. The first kappa shape index (κ1) is 44.8. The van der Waals surface area contributed by atoms with Gasteiger partial charge in [0.05, 0.1) is 30.7 Å². The summed E-state index contributed by atoms with van der Waals surface area (Å²) in [6.07, 6.45) is -2.81. The number of hydrogen-bond donors (Lipinski definition) is 0. The van der Waals surface area contributed by atoms with Crippen LogP contribution in [0.5, 0.6) is 5.75 Å². The number of allylic oxidation sites excluding steroid dienone is 1. The second-order valence-electron chi connectivity index (χ2n) is 14.1. The molecular formula is C39H40Cl2F3N7O10. The highest BCUT2D eigenvalue weighted by molar-refractivity contribution is 6.31. The van der Waals surface area contributed by atoms with Crippen LogP contribution >= 0.6 is 23.2 Å². The lowest BCUT2D eigenvalue weighted by Gasteiger charge is -2.37. The van der Waals surface area contributed by atoms with Gasteiger partial charge in [-0.2, -0.15) is 15.0 Å². The van der Waals surface area contributed by atoms with Crippen molar-refractivity contribution >= 4 is 52.7 Å². The van der Waals surface area contributed by atoms with Gasteiger partial charge < -0.3 is 33.5 Å². The molecule has 3 aromatic rings. The Hall–Kier alpha value is -5.70. The predicted molar refractivity (Wildman–Crippen MR) is 212 cm³/mol. The van der Waals surface area contributed by atoms with E-state index in [1.54, 1.807) is 30.5 Å². The van der Waals surface area contributed by atoms with Gasteiger partial charge in [-0.3, -0.25) is 10.1 Å². The van der Waals surface area contributed by atoms with E-state index < -0.39 is 42.5 Å². The van der Waals surface area contributed by atoms with Gasteiger partial charge in [0.15, 0.2) is 5.82 Å². The number of fused-ring (bicyclic) bond motifs is 4. The summed E-state index contributed by atoms with van der Waals surface area (Å²) in [4.78, 5) is 58.7. The number of methoxy groups -OCH3 is 2. The zero-order valence-corrected chi connectivity index (χ0v) is 34.7. The Morgan fingerprint density at radius 2 is 1.80 bits per heavy atom. The summed E-state index contributed by atoms with van der Waals surface area (Å²) in [5.74, 6) is -0.758. The third-order valence-electron chi connectivity index (χ3n) is 10.1. The molecule has 0 saturated carbocycles. The van der Waals surface area contributed by atoms with E-state index >= 15 is 0 Å². The van der Waals surface area contributed by atoms with Crippen LogP contribution in [-0.4, -0.2) is 107 Å². The van der Waals surface area contributed by atoms with Crippen LogP contribution < -0.4 is 9.64 Å². The van der Waals surface area contributed by atoms with Crippen LogP contribution in [0.2, 0.25) is 10.2 Å². The summed E-state index contributed by atoms with van der Waals surface area (Å²) < 4.78 is 62.6. The van der Waals surface area contributed by atoms with Gasteiger partial charge in [-0.25, -0.2) is 19.4 Å². The molecule has 0 N–H and O–H groups in total. The Bertz CT molecular complexity index is 2210. The van der Waals surface area contributed by atoms with Gasteiger partial charge in [0, 0.05) is 55.9 Å². The molecule has 4 aliphatic rings. The Morgan fingerprint density at radius 3 is 2.43 bits per heavy atom. The minimum Gasteiger partial charge on any atom is -0.467 e. The van der Waals surface area contributed by atoms with Crippen molar-refractivity contribution in [2.45, 2.75) is 57.8 Å². The molecule has 0 spiro atoms. The Kier molecular flexibility index (Phi) is 13.6. The molecule has 0 radical (unpaired) electrons. The van der Waals surface area contributed by atoms with Gasteiger partial charge in [0.1, 0.15) is 29.6 Å². The molecular weight excluding hydrogens is 854 g/mol. The molecule has 0 bridgehead atoms. The topological polar surface area (TPSA) is 179 Å². The van der Waals surface area contributed by atoms with Gasteiger partial charge in [-0.05, 0) is 60.0 Å². The molecule has 7 rings (SSSR count). The highest BCUT2D eigenvalue weighted by atomic mass is 35.5. The first-order valence-corrected chi connectivity index (χ1v) is 19.5. The number of urea groups is 1. The number of carbonyl (C=O) groups is 3. The number of hydrogen-bond acceptors (Lipinski definition) is 14. The van der Waals surface area contributed by atoms with E-state index in [0.717, 1.165) is 61.5 Å². The summed E-state index contributed by atoms with van der Waals surface area (Å²) >= 11 is 11.9. The Balaban J connectivity index is 0.000000218. The maximum Gasteiger partial charge on any atom is 0.573 e. The second kappa shape index (κ2) is 18.5. The molecule has 1 fully saturated rings. The maximum absolute atomic E-state index is 13.3. The number of ether oxygens (including phenoxy) is 5. The number of carbonyl (C=O) groups excluding carboxylic acids is 3. The number of halogens is 5. The van der Waals surface area contributed by atoms with E-state index in [4.69, 9.17) is 37.4 Å². The summed E-state index contributed by atoms with van der Waals surface area (Å²) in [6.45, 7) is 6.11. The molecule has 326 valence electrons. The number of anilines is 1. The second-order valence-corrected chi connectivity index (χ2v) is 14.9. The first-order chi connectivity index (χ1) is 29.0. The van der Waals surface area contributed by atoms with Crippen LogP contribution in [0.25, 0.3) is 0 Å². The third kappa shape index (κ3) is 9.61. The van der Waals surface area contributed by atoms with E-state index in [1.807, 2.05) is 13.0 Å². The average molecular weight is 895 g/mol. The number of imide groups is 1. The average Bonchev–Trinajstić information content (AvgIpc) is 3.79. The number of nitrogens with zero attached hydrogens (tertiary/aromatic N) is 7. The van der Waals surface area contributed by atoms with E-state index in [2.05, 4.69) is 36.3 Å². The lowest BCUT2D eigenvalue weighted by molar-refractivity contribution is -0.439. The number of aromatic nitrogens is 1. The fourth-order valence-corrected chi connectivity index (χ4v) is 7.70. The molecule has 4 heterocycles. The molecule has 61 heavy (non-hydrogen) atoms. The molecule has 1 saturated heterocycles. The Labute approximate surface area is 357 Å². The summed E-state index contributed by atoms with van der Waals surface area (Å²) in [5.41, 5.74) is 0.683. The standard InChI is InChI=1S/C22H17ClF3N3O7.C17H23ClN4O3/c1-33-18(30)21-10-12-9-13(23)3-8-16(12)17(21)27-28(11-35-21)19(31)29(20(32)34-2)14-4-6-15(7-5-14)36-22(24,25)26;1-3-8-25-15-9-12(2)16(22(23)24)17-20(6-7-21(15)17)11-13-4-5-14(18)19-10-13/h3-9H,10-11H2,1-2H3;4-5,10,12,15H,3,6-9,11H2,1-2H3/t21-;/m0./s1. The van der Waals surface area contributed by atoms with Gasteiger partial charge in [0.25, 0.3) is 5.70 Å². The number of nitro groups is 1. The molecule has 1 aliphatic carbocycles. The van der Waals surface area contributed by atoms with E-state index in [0.29, 0.717) is 51.6 Å². The molecule has 17 nitrogen and oxygen atoms in total. The lowest BCUT2D eigenvalue weighted by Crippen LogP contribution is -2.56. The quantitative estimate of drug-likeness (QED) is 0.0914. The molecule has 22 heteroatoms. The van der Waals surface area contributed by atoms with Crippen LogP contribution in [-0.2, 0) is 36.7 Å². The predicted octanol–water partition coefficient (Wildman–Crippen LogP) is 7.18. The minimum absolute atomic E-state index is 0.0534. The lowest BCUT2D eigenvalue weighted by atomic mass is 9.97. The number of pyridine rings is 1. The summed E-state index contributed by atoms with van der Waals surface area (Å²) in [6, 6.07) is 11.3. The van der Waals surface area contributed by atoms with Crippen molar-refractivity contribution < 1.29 is 56.2 Å². The van der Waals surface area contributed by atoms with E-state index in [1.165, 1.54) is 7.11 Å². The maximum atomic E-state index is 13.3. The Morgan fingerprint density at radius 1 is 1.07 bits per heavy atom. The summed E-state index contributed by atoms with van der Waals surface area (Å²) in [5, 5.41) is 17.6. The smallest absolute Gasteiger partial charge is 0.467 e. The van der Waals surface area contributed by atoms with Crippen LogP contribution in [0.3, 0.4) is 0 Å². The fraction of sp³-hybridized carbons (Fsp3) is 0.410. The van der Waals surface area contributed by atoms with Gasteiger partial charge in [-0.1, -0.05) is 49.2 Å². The van der Waals surface area contributed by atoms with Crippen LogP contribution in [0.4, 0.5) is 28.4 Å². The van der Waals surface area contributed by atoms with E-state index in [9.17, 15) is 37.7 Å². The molecule has 3 amide bonds. The van der Waals surface area contributed by atoms with Crippen LogP contribution in [0, 0.1) is 16.0 Å². The monoisotopic (exact) mass is 893 g/mol. The third-order valence-corrected chi connectivity index (χ3v) is 10.5. The zero-order valence-electron chi connectivity index (χ0n) is 33.2. The SMILES string of the molecule is CCCOC1CC(C)C([N+](=O)[O-])=C2N(Cc3ccc(Cl)nc3)CCN21.COC(=O)N(C(=O)N1CO[C@@]2(C(=O)OC)Cc3cc(Cl)ccc3C2=N1)c1ccc(OC(F)(F)F)cc1. The molecule has 1 aromatic heterocycles. The molecule has 3 aliphatic heterocycles. The molecule has 2 unspecified atom stereocenters. The molecule has 3 atom stereocenters. The zero-order chi connectivity index (χ0) is 44.2. The number of benzene rings is 2. The van der Waals surface area contributed by atoms with Crippen molar-refractivity contribution in [1.82, 2.24) is 19.8 Å². The highest BCUT2D eigenvalue weighted by Crippen LogP contribution is 2.40. The number of hydrazone groups is 1. The molecule has 2 aromatic carbocycles. The van der Waals surface area contributed by atoms with Crippen LogP contribution in [0.15, 0.2) is 77.4 Å². The van der Waals surface area contributed by atoms with Crippen molar-refractivity contribution in [1.29, 1.82) is 0 Å². The number of alkyl halides is 3. The van der Waals surface area contributed by atoms with Gasteiger partial charge >= 0.3 is 24.5 Å². The summed E-state index contributed by atoms with van der Waals surface area (Å²) in [7, 11) is 2.19. The highest BCUT2D eigenvalue weighted by Gasteiger charge is 2.55. The largest absolute Gasteiger partial charge is 0.573 e. The van der Waals surface area contributed by atoms with Crippen molar-refractivity contribution in [2.24, 2.45) is 11.0 Å². The van der Waals surface area contributed by atoms with Crippen molar-refractivity contribution in [3.63, 3.8) is 0 Å². The van der Waals surface area contributed by atoms with Crippen molar-refractivity contribution in [2.75, 3.05) is 45.5 Å². The number of rotatable bonds is 9. The van der Waals surface area contributed by atoms with Crippen LogP contribution in [0.1, 0.15) is 43.4 Å². The normalized spacial score (nSPS) is 20.4. The van der Waals surface area contributed by atoms with Crippen molar-refractivity contribution in [3.8, 4) is 5.75 Å². The fourth-order valence-electron chi connectivity index (χ4n) is 7.39. The van der Waals surface area contributed by atoms with Gasteiger partial charge in [0.2, 0.25) is 5.60 Å². The number of amides is 3. The van der Waals surface area contributed by atoms with Gasteiger partial charge in [-0.15, -0.1) is 13.2 Å². The van der Waals surface area contributed by atoms with Crippen molar-refractivity contribution in [3.05, 3.63) is 109 Å². The first-order valence-electron chi connectivity index (χ1n) is 18.8.